The van der Waals surface area contributed by atoms with Crippen molar-refractivity contribution in [1.82, 2.24) is 0 Å². The normalized spacial score (nSPS) is 26.5. The summed E-state index contributed by atoms with van der Waals surface area (Å²) in [4.78, 5) is 35.2. The van der Waals surface area contributed by atoms with Crippen LogP contribution in [0.2, 0.25) is 10.0 Å². The topological polar surface area (TPSA) is 88.1 Å². The van der Waals surface area contributed by atoms with Crippen molar-refractivity contribution in [2.24, 2.45) is 5.92 Å². The predicted molar refractivity (Wildman–Crippen MR) is 108 cm³/mol. The standard InChI is InChI=1S/C19H22Cl2O7S/c1-9-17(26-11(3)23)14(8-25-10(2)22)28-19(18(9)27-12(4)24)29-15-7-5-6-13(20)16(15)21/h5-7,9,14,17-19H,8H2,1-4H3/t9?,14?,17-,18?,19-/m1/s1. The Bertz CT molecular complexity index is 771. The van der Waals surface area contributed by atoms with Gasteiger partial charge in [-0.25, -0.2) is 0 Å². The third kappa shape index (κ3) is 6.50. The number of rotatable bonds is 6. The van der Waals surface area contributed by atoms with Gasteiger partial charge in [0.2, 0.25) is 0 Å². The quantitative estimate of drug-likeness (QED) is 0.462. The summed E-state index contributed by atoms with van der Waals surface area (Å²) in [5, 5.41) is 0.717. The van der Waals surface area contributed by atoms with Crippen molar-refractivity contribution in [2.45, 2.75) is 56.3 Å². The number of carbonyl (C=O) groups is 3. The molecule has 1 fully saturated rings. The molecule has 7 nitrogen and oxygen atoms in total. The fourth-order valence-electron chi connectivity index (χ4n) is 2.96. The lowest BCUT2D eigenvalue weighted by atomic mass is 9.91. The van der Waals surface area contributed by atoms with E-state index in [4.69, 9.17) is 42.1 Å². The minimum absolute atomic E-state index is 0.120. The summed E-state index contributed by atoms with van der Waals surface area (Å²) in [6.45, 7) is 5.48. The summed E-state index contributed by atoms with van der Waals surface area (Å²) in [6.07, 6.45) is -2.27. The van der Waals surface area contributed by atoms with Gasteiger partial charge in [-0.2, -0.15) is 0 Å². The van der Waals surface area contributed by atoms with Crippen LogP contribution in [0.25, 0.3) is 0 Å². The Morgan fingerprint density at radius 2 is 1.66 bits per heavy atom. The van der Waals surface area contributed by atoms with Crippen molar-refractivity contribution in [3.63, 3.8) is 0 Å². The van der Waals surface area contributed by atoms with Crippen molar-refractivity contribution < 1.29 is 33.3 Å². The maximum Gasteiger partial charge on any atom is 0.303 e. The Labute approximate surface area is 183 Å². The summed E-state index contributed by atoms with van der Waals surface area (Å²) in [5.74, 6) is -1.96. The summed E-state index contributed by atoms with van der Waals surface area (Å²) in [5.41, 5.74) is -0.697. The first-order chi connectivity index (χ1) is 13.6. The number of esters is 3. The molecule has 3 unspecified atom stereocenters. The second-order valence-corrected chi connectivity index (χ2v) is 8.45. The van der Waals surface area contributed by atoms with Crippen LogP contribution < -0.4 is 0 Å². The van der Waals surface area contributed by atoms with Crippen molar-refractivity contribution in [3.8, 4) is 0 Å². The molecule has 5 atom stereocenters. The average molecular weight is 465 g/mol. The molecule has 0 N–H and O–H groups in total. The summed E-state index contributed by atoms with van der Waals surface area (Å²) >= 11 is 13.6. The van der Waals surface area contributed by atoms with Gasteiger partial charge in [-0.05, 0) is 12.1 Å². The lowest BCUT2D eigenvalue weighted by molar-refractivity contribution is -0.212. The van der Waals surface area contributed by atoms with Gasteiger partial charge in [-0.15, -0.1) is 0 Å². The molecule has 2 rings (SSSR count). The van der Waals surface area contributed by atoms with Crippen LogP contribution in [-0.2, 0) is 33.3 Å². The molecule has 0 saturated carbocycles. The second kappa shape index (κ2) is 10.5. The van der Waals surface area contributed by atoms with Crippen LogP contribution in [0.4, 0.5) is 0 Å². The molecule has 0 aromatic heterocycles. The lowest BCUT2D eigenvalue weighted by Gasteiger charge is -2.43. The van der Waals surface area contributed by atoms with Crippen LogP contribution in [0.1, 0.15) is 27.7 Å². The van der Waals surface area contributed by atoms with E-state index in [0.29, 0.717) is 14.9 Å². The van der Waals surface area contributed by atoms with Gasteiger partial charge in [0.25, 0.3) is 0 Å². The molecule has 1 saturated heterocycles. The first-order valence-electron chi connectivity index (χ1n) is 8.84. The average Bonchev–Trinajstić information content (AvgIpc) is 2.62. The van der Waals surface area contributed by atoms with E-state index in [-0.39, 0.29) is 6.61 Å². The number of halogens is 2. The molecular formula is C19H22Cl2O7S. The maximum absolute atomic E-state index is 11.7. The van der Waals surface area contributed by atoms with E-state index in [0.717, 1.165) is 0 Å². The molecule has 0 aliphatic carbocycles. The van der Waals surface area contributed by atoms with Crippen molar-refractivity contribution in [1.29, 1.82) is 0 Å². The van der Waals surface area contributed by atoms with E-state index in [9.17, 15) is 14.4 Å². The minimum atomic E-state index is -0.775. The van der Waals surface area contributed by atoms with Gasteiger partial charge < -0.3 is 18.9 Å². The molecule has 160 valence electrons. The van der Waals surface area contributed by atoms with Crippen LogP contribution in [-0.4, -0.2) is 48.3 Å². The molecule has 10 heteroatoms. The molecule has 1 aromatic carbocycles. The largest absolute Gasteiger partial charge is 0.463 e. The van der Waals surface area contributed by atoms with Gasteiger partial charge in [-0.1, -0.05) is 48.0 Å². The monoisotopic (exact) mass is 464 g/mol. The minimum Gasteiger partial charge on any atom is -0.463 e. The zero-order valence-corrected chi connectivity index (χ0v) is 18.7. The molecule has 1 heterocycles. The Balaban J connectivity index is 2.34. The van der Waals surface area contributed by atoms with Crippen molar-refractivity contribution >= 4 is 52.9 Å². The van der Waals surface area contributed by atoms with Gasteiger partial charge in [0.05, 0.1) is 10.0 Å². The van der Waals surface area contributed by atoms with E-state index in [1.807, 2.05) is 0 Å². The molecule has 29 heavy (non-hydrogen) atoms. The number of ether oxygens (including phenoxy) is 4. The highest BCUT2D eigenvalue weighted by molar-refractivity contribution is 8.00. The second-order valence-electron chi connectivity index (χ2n) is 6.52. The van der Waals surface area contributed by atoms with Gasteiger partial charge in [-0.3, -0.25) is 14.4 Å². The Kier molecular flexibility index (Phi) is 8.63. The molecule has 0 amide bonds. The molecule has 0 spiro atoms. The van der Waals surface area contributed by atoms with Crippen LogP contribution in [0.5, 0.6) is 0 Å². The summed E-state index contributed by atoms with van der Waals surface area (Å²) in [7, 11) is 0. The third-order valence-electron chi connectivity index (χ3n) is 4.19. The van der Waals surface area contributed by atoms with E-state index in [2.05, 4.69) is 0 Å². The Hall–Kier alpha value is -1.48. The number of hydrogen-bond acceptors (Lipinski definition) is 8. The fraction of sp³-hybridized carbons (Fsp3) is 0.526. The van der Waals surface area contributed by atoms with Crippen molar-refractivity contribution in [3.05, 3.63) is 28.2 Å². The van der Waals surface area contributed by atoms with Gasteiger partial charge in [0.15, 0.2) is 0 Å². The van der Waals surface area contributed by atoms with Gasteiger partial charge >= 0.3 is 17.9 Å². The van der Waals surface area contributed by atoms with E-state index in [1.54, 1.807) is 25.1 Å². The zero-order chi connectivity index (χ0) is 21.7. The first kappa shape index (κ1) is 23.8. The highest BCUT2D eigenvalue weighted by Crippen LogP contribution is 2.42. The lowest BCUT2D eigenvalue weighted by Crippen LogP contribution is -2.56. The number of thioether (sulfide) groups is 1. The Morgan fingerprint density at radius 3 is 2.24 bits per heavy atom. The van der Waals surface area contributed by atoms with Crippen LogP contribution in [0, 0.1) is 5.92 Å². The van der Waals surface area contributed by atoms with Gasteiger partial charge in [0, 0.05) is 31.6 Å². The SMILES string of the molecule is CC(=O)OCC1O[C@H](Sc2cccc(Cl)c2Cl)C(OC(C)=O)C(C)[C@H]1OC(C)=O. The third-order valence-corrected chi connectivity index (χ3v) is 6.33. The highest BCUT2D eigenvalue weighted by atomic mass is 35.5. The summed E-state index contributed by atoms with van der Waals surface area (Å²) < 4.78 is 22.0. The summed E-state index contributed by atoms with van der Waals surface area (Å²) in [6, 6.07) is 5.15. The molecule has 0 radical (unpaired) electrons. The highest BCUT2D eigenvalue weighted by Gasteiger charge is 2.48. The smallest absolute Gasteiger partial charge is 0.303 e. The molecule has 1 aromatic rings. The molecular weight excluding hydrogens is 443 g/mol. The zero-order valence-electron chi connectivity index (χ0n) is 16.3. The van der Waals surface area contributed by atoms with Crippen LogP contribution in [0.15, 0.2) is 23.1 Å². The molecule has 1 aliphatic heterocycles. The van der Waals surface area contributed by atoms with Gasteiger partial charge in [0.1, 0.15) is 30.4 Å². The maximum atomic E-state index is 11.7. The predicted octanol–water partition coefficient (Wildman–Crippen LogP) is 3.87. The van der Waals surface area contributed by atoms with Crippen LogP contribution >= 0.6 is 35.0 Å². The molecule has 1 aliphatic rings. The number of hydrogen-bond donors (Lipinski definition) is 0. The van der Waals surface area contributed by atoms with E-state index >= 15 is 0 Å². The van der Waals surface area contributed by atoms with E-state index < -0.39 is 47.6 Å². The molecule has 0 bridgehead atoms. The Morgan fingerprint density at radius 1 is 1.03 bits per heavy atom. The number of benzene rings is 1. The van der Waals surface area contributed by atoms with Crippen LogP contribution in [0.3, 0.4) is 0 Å². The first-order valence-corrected chi connectivity index (χ1v) is 10.5. The fourth-order valence-corrected chi connectivity index (χ4v) is 4.71. The van der Waals surface area contributed by atoms with E-state index in [1.165, 1.54) is 32.5 Å². The number of carbonyl (C=O) groups excluding carboxylic acids is 3. The van der Waals surface area contributed by atoms with Crippen molar-refractivity contribution in [2.75, 3.05) is 6.61 Å².